The Bertz CT molecular complexity index is 307. The summed E-state index contributed by atoms with van der Waals surface area (Å²) in [5.41, 5.74) is 2.54. The van der Waals surface area contributed by atoms with Crippen molar-refractivity contribution >= 4 is 13.3 Å². The summed E-state index contributed by atoms with van der Waals surface area (Å²) in [7, 11) is -1.35. The fraction of sp³-hybridized carbons (Fsp3) is 0.467. The second-order valence-electron chi connectivity index (χ2n) is 4.52. The Morgan fingerprint density at radius 2 is 1.56 bits per heavy atom. The Morgan fingerprint density at radius 3 is 2.00 bits per heavy atom. The molecule has 0 saturated heterocycles. The number of rotatable bonds is 6. The molecule has 0 unspecified atom stereocenters. The zero-order valence-electron chi connectivity index (χ0n) is 10.9. The van der Waals surface area contributed by atoms with Gasteiger partial charge in [0.1, 0.15) is 8.07 Å². The van der Waals surface area contributed by atoms with Gasteiger partial charge in [-0.05, 0) is 6.92 Å². The molecule has 0 aliphatic heterocycles. The largest absolute Gasteiger partial charge is 0.109 e. The summed E-state index contributed by atoms with van der Waals surface area (Å²) >= 11 is 0. The van der Waals surface area contributed by atoms with Crippen LogP contribution in [0.5, 0.6) is 0 Å². The topological polar surface area (TPSA) is 0 Å². The fourth-order valence-electron chi connectivity index (χ4n) is 2.66. The fourth-order valence-corrected chi connectivity index (χ4v) is 7.29. The SMILES string of the molecule is CC=C[Si](CCC)(CCC)c1ccccc1. The van der Waals surface area contributed by atoms with E-state index in [-0.39, 0.29) is 0 Å². The summed E-state index contributed by atoms with van der Waals surface area (Å²) in [6, 6.07) is 13.9. The predicted octanol–water partition coefficient (Wildman–Crippen LogP) is 4.28. The molecule has 0 aromatic heterocycles. The predicted molar refractivity (Wildman–Crippen MR) is 76.8 cm³/mol. The molecule has 0 bridgehead atoms. The van der Waals surface area contributed by atoms with E-state index in [9.17, 15) is 0 Å². The zero-order valence-corrected chi connectivity index (χ0v) is 11.9. The first-order valence-corrected chi connectivity index (χ1v) is 8.97. The molecule has 0 aliphatic carbocycles. The van der Waals surface area contributed by atoms with E-state index in [0.717, 1.165) is 0 Å². The van der Waals surface area contributed by atoms with Crippen molar-refractivity contribution in [1.82, 2.24) is 0 Å². The van der Waals surface area contributed by atoms with Crippen molar-refractivity contribution in [3.63, 3.8) is 0 Å². The molecule has 1 aromatic rings. The Morgan fingerprint density at radius 1 is 1.00 bits per heavy atom. The maximum Gasteiger partial charge on any atom is 0.109 e. The van der Waals surface area contributed by atoms with Crippen molar-refractivity contribution < 1.29 is 0 Å². The number of benzene rings is 1. The molecule has 0 radical (unpaired) electrons. The maximum atomic E-state index is 2.54. The molecule has 1 aromatic carbocycles. The van der Waals surface area contributed by atoms with Gasteiger partial charge in [-0.3, -0.25) is 0 Å². The van der Waals surface area contributed by atoms with Crippen molar-refractivity contribution in [2.24, 2.45) is 0 Å². The van der Waals surface area contributed by atoms with Gasteiger partial charge in [0.05, 0.1) is 0 Å². The summed E-state index contributed by atoms with van der Waals surface area (Å²) in [6.45, 7) is 6.78. The lowest BCUT2D eigenvalue weighted by Crippen LogP contribution is -2.45. The second kappa shape index (κ2) is 6.69. The smallest absolute Gasteiger partial charge is 0.0951 e. The first-order valence-electron chi connectivity index (χ1n) is 6.48. The Labute approximate surface area is 101 Å². The third-order valence-electron chi connectivity index (χ3n) is 3.23. The van der Waals surface area contributed by atoms with Gasteiger partial charge in [-0.15, -0.1) is 0 Å². The van der Waals surface area contributed by atoms with Crippen LogP contribution in [0.25, 0.3) is 0 Å². The Kier molecular flexibility index (Phi) is 5.54. The van der Waals surface area contributed by atoms with Crippen LogP contribution in [0.1, 0.15) is 33.6 Å². The third kappa shape index (κ3) is 3.08. The molecular formula is C15H24Si. The first kappa shape index (κ1) is 13.2. The van der Waals surface area contributed by atoms with E-state index in [2.05, 4.69) is 62.9 Å². The highest BCUT2D eigenvalue weighted by Gasteiger charge is 2.29. The van der Waals surface area contributed by atoms with Crippen LogP contribution in [-0.2, 0) is 0 Å². The molecule has 88 valence electrons. The van der Waals surface area contributed by atoms with E-state index in [1.165, 1.54) is 24.9 Å². The minimum absolute atomic E-state index is 1.30. The van der Waals surface area contributed by atoms with Crippen LogP contribution in [-0.4, -0.2) is 8.07 Å². The molecular weight excluding hydrogens is 208 g/mol. The van der Waals surface area contributed by atoms with Gasteiger partial charge in [-0.25, -0.2) is 0 Å². The van der Waals surface area contributed by atoms with Crippen molar-refractivity contribution in [1.29, 1.82) is 0 Å². The quantitative estimate of drug-likeness (QED) is 0.642. The first-order chi connectivity index (χ1) is 7.79. The van der Waals surface area contributed by atoms with Crippen LogP contribution >= 0.6 is 0 Å². The van der Waals surface area contributed by atoms with E-state index >= 15 is 0 Å². The van der Waals surface area contributed by atoms with Gasteiger partial charge in [0.2, 0.25) is 0 Å². The maximum absolute atomic E-state index is 2.54. The lowest BCUT2D eigenvalue weighted by atomic mass is 10.4. The van der Waals surface area contributed by atoms with E-state index in [1.54, 1.807) is 5.19 Å². The Balaban J connectivity index is 3.09. The molecule has 16 heavy (non-hydrogen) atoms. The van der Waals surface area contributed by atoms with Gasteiger partial charge < -0.3 is 0 Å². The zero-order chi connectivity index (χ0) is 11.9. The molecule has 0 amide bonds. The summed E-state index contributed by atoms with van der Waals surface area (Å²) in [6.07, 6.45) is 4.86. The molecule has 0 saturated carbocycles. The monoisotopic (exact) mass is 232 g/mol. The van der Waals surface area contributed by atoms with E-state index in [1.807, 2.05) is 0 Å². The molecule has 0 N–H and O–H groups in total. The molecule has 0 atom stereocenters. The standard InChI is InChI=1S/C15H24Si/c1-4-12-16(13-5-2,14-6-3)15-10-8-7-9-11-15/h4,7-12H,5-6,13-14H2,1-3H3. The summed E-state index contributed by atoms with van der Waals surface area (Å²) in [4.78, 5) is 0. The highest BCUT2D eigenvalue weighted by molar-refractivity contribution is 6.95. The highest BCUT2D eigenvalue weighted by atomic mass is 28.3. The number of allylic oxidation sites excluding steroid dienone is 1. The van der Waals surface area contributed by atoms with Crippen LogP contribution in [0.3, 0.4) is 0 Å². The Hall–Kier alpha value is -0.823. The summed E-state index contributed by atoms with van der Waals surface area (Å²) in [5.74, 6) is 0. The van der Waals surface area contributed by atoms with Crippen LogP contribution in [0.4, 0.5) is 0 Å². The molecule has 0 heterocycles. The second-order valence-corrected chi connectivity index (χ2v) is 8.75. The van der Waals surface area contributed by atoms with Crippen molar-refractivity contribution in [3.05, 3.63) is 42.1 Å². The third-order valence-corrected chi connectivity index (χ3v) is 8.47. The molecule has 0 fully saturated rings. The lowest BCUT2D eigenvalue weighted by molar-refractivity contribution is 0.996. The van der Waals surface area contributed by atoms with E-state index in [4.69, 9.17) is 0 Å². The van der Waals surface area contributed by atoms with Gasteiger partial charge >= 0.3 is 0 Å². The van der Waals surface area contributed by atoms with Gasteiger partial charge in [-0.2, -0.15) is 0 Å². The van der Waals surface area contributed by atoms with Gasteiger partial charge in [0, 0.05) is 0 Å². The minimum Gasteiger partial charge on any atom is -0.0951 e. The lowest BCUT2D eigenvalue weighted by Gasteiger charge is -2.28. The molecule has 0 spiro atoms. The minimum atomic E-state index is -1.35. The molecule has 1 heteroatoms. The molecule has 1 rings (SSSR count). The number of hydrogen-bond donors (Lipinski definition) is 0. The molecule has 0 nitrogen and oxygen atoms in total. The van der Waals surface area contributed by atoms with Crippen LogP contribution in [0.2, 0.25) is 12.1 Å². The van der Waals surface area contributed by atoms with Crippen molar-refractivity contribution in [2.45, 2.75) is 45.7 Å². The average Bonchev–Trinajstić information content (AvgIpc) is 2.31. The van der Waals surface area contributed by atoms with Gasteiger partial charge in [0.25, 0.3) is 0 Å². The normalized spacial score (nSPS) is 12.2. The average molecular weight is 232 g/mol. The van der Waals surface area contributed by atoms with Crippen molar-refractivity contribution in [3.8, 4) is 0 Å². The van der Waals surface area contributed by atoms with Crippen molar-refractivity contribution in [2.75, 3.05) is 0 Å². The molecule has 0 aliphatic rings. The van der Waals surface area contributed by atoms with Crippen LogP contribution in [0.15, 0.2) is 42.1 Å². The van der Waals surface area contributed by atoms with E-state index < -0.39 is 8.07 Å². The number of hydrogen-bond acceptors (Lipinski definition) is 0. The highest BCUT2D eigenvalue weighted by Crippen LogP contribution is 2.21. The van der Waals surface area contributed by atoms with Crippen LogP contribution < -0.4 is 5.19 Å². The summed E-state index contributed by atoms with van der Waals surface area (Å²) in [5, 5.41) is 1.61. The van der Waals surface area contributed by atoms with Gasteiger partial charge in [0.15, 0.2) is 0 Å². The van der Waals surface area contributed by atoms with Gasteiger partial charge in [-0.1, -0.05) is 86.1 Å². The van der Waals surface area contributed by atoms with E-state index in [0.29, 0.717) is 0 Å². The summed E-state index contributed by atoms with van der Waals surface area (Å²) < 4.78 is 0. The van der Waals surface area contributed by atoms with Crippen LogP contribution in [0, 0.1) is 0 Å².